The average Bonchev–Trinajstić information content (AvgIpc) is 3.50. The number of amides is 1. The maximum absolute atomic E-state index is 13.7. The van der Waals surface area contributed by atoms with E-state index in [0.717, 1.165) is 28.0 Å². The lowest BCUT2D eigenvalue weighted by molar-refractivity contribution is -0.140. The highest BCUT2D eigenvalue weighted by molar-refractivity contribution is 6.46. The quantitative estimate of drug-likeness (QED) is 0.195. The van der Waals surface area contributed by atoms with Crippen molar-refractivity contribution in [1.82, 2.24) is 4.90 Å². The fourth-order valence-electron chi connectivity index (χ4n) is 5.49. The molecule has 0 saturated carbocycles. The van der Waals surface area contributed by atoms with Crippen LogP contribution in [0.4, 0.5) is 0 Å². The largest absolute Gasteiger partial charge is 0.507 e. The average molecular weight is 570 g/mol. The van der Waals surface area contributed by atoms with Crippen molar-refractivity contribution in [1.29, 1.82) is 0 Å². The molecule has 2 heterocycles. The molecule has 0 bridgehead atoms. The van der Waals surface area contributed by atoms with Crippen LogP contribution in [0.1, 0.15) is 82.3 Å². The van der Waals surface area contributed by atoms with E-state index in [1.54, 1.807) is 12.1 Å². The first-order chi connectivity index (χ1) is 19.8. The molecule has 2 aliphatic rings. The number of aliphatic hydroxyl groups is 1. The molecule has 42 heavy (non-hydrogen) atoms. The minimum absolute atomic E-state index is 0.0632. The first-order valence-electron chi connectivity index (χ1n) is 14.3. The van der Waals surface area contributed by atoms with E-state index in [1.165, 1.54) is 4.90 Å². The first kappa shape index (κ1) is 29.2. The Morgan fingerprint density at radius 2 is 1.60 bits per heavy atom. The Hall–Kier alpha value is -4.26. The van der Waals surface area contributed by atoms with Crippen LogP contribution in [0.15, 0.2) is 66.2 Å². The van der Waals surface area contributed by atoms with Crippen molar-refractivity contribution >= 4 is 17.4 Å². The van der Waals surface area contributed by atoms with Crippen molar-refractivity contribution in [3.8, 4) is 17.2 Å². The molecule has 1 N–H and O–H groups in total. The molecule has 7 nitrogen and oxygen atoms in total. The van der Waals surface area contributed by atoms with Gasteiger partial charge >= 0.3 is 0 Å². The van der Waals surface area contributed by atoms with Gasteiger partial charge in [0.2, 0.25) is 6.79 Å². The van der Waals surface area contributed by atoms with Gasteiger partial charge in [0.15, 0.2) is 11.5 Å². The van der Waals surface area contributed by atoms with Crippen molar-refractivity contribution in [2.75, 3.05) is 13.4 Å². The van der Waals surface area contributed by atoms with Gasteiger partial charge in [0.25, 0.3) is 11.7 Å². The summed E-state index contributed by atoms with van der Waals surface area (Å²) in [5.41, 5.74) is 3.72. The smallest absolute Gasteiger partial charge is 0.295 e. The minimum atomic E-state index is -0.783. The zero-order valence-electron chi connectivity index (χ0n) is 25.4. The van der Waals surface area contributed by atoms with Gasteiger partial charge in [0, 0.05) is 17.7 Å². The summed E-state index contributed by atoms with van der Waals surface area (Å²) in [6, 6.07) is 18.0. The molecule has 5 rings (SSSR count). The number of hydrogen-bond donors (Lipinski definition) is 1. The molecule has 0 aromatic heterocycles. The predicted octanol–water partition coefficient (Wildman–Crippen LogP) is 7.03. The van der Waals surface area contributed by atoms with E-state index in [2.05, 4.69) is 41.5 Å². The standard InChI is InChI=1S/C35H39NO6/c1-8-40-26-16-12-23(18-25(26)35(5,6)7)31(37)29-30(22-10-13-24(14-11-22)34(2,3)4)36(33(39)32(29)38)19-21-9-15-27-28(17-21)42-20-41-27/h9-18,30,37H,8,19-20H2,1-7H3/b31-29+. The SMILES string of the molecule is CCOc1ccc(/C(O)=C2\C(=O)C(=O)N(Cc3ccc4c(c3)OCO4)C2c2ccc(C(C)(C)C)cc2)cc1C(C)(C)C. The van der Waals surface area contributed by atoms with Gasteiger partial charge in [-0.3, -0.25) is 9.59 Å². The summed E-state index contributed by atoms with van der Waals surface area (Å²) in [5.74, 6) is 0.365. The molecule has 220 valence electrons. The van der Waals surface area contributed by atoms with E-state index in [4.69, 9.17) is 14.2 Å². The number of Topliss-reactive ketones (excluding diaryl/α,β-unsaturated/α-hetero) is 1. The van der Waals surface area contributed by atoms with Gasteiger partial charge in [-0.15, -0.1) is 0 Å². The highest BCUT2D eigenvalue weighted by atomic mass is 16.7. The molecule has 7 heteroatoms. The second-order valence-corrected chi connectivity index (χ2v) is 12.9. The Morgan fingerprint density at radius 1 is 0.905 bits per heavy atom. The highest BCUT2D eigenvalue weighted by Gasteiger charge is 2.46. The summed E-state index contributed by atoms with van der Waals surface area (Å²) in [7, 11) is 0. The number of ether oxygens (including phenoxy) is 3. The van der Waals surface area contributed by atoms with E-state index in [9.17, 15) is 14.7 Å². The van der Waals surface area contributed by atoms with Gasteiger partial charge < -0.3 is 24.2 Å². The zero-order chi connectivity index (χ0) is 30.4. The fraction of sp³-hybridized carbons (Fsp3) is 0.371. The summed E-state index contributed by atoms with van der Waals surface area (Å²) < 4.78 is 16.8. The van der Waals surface area contributed by atoms with Crippen molar-refractivity contribution in [3.05, 3.63) is 94.1 Å². The van der Waals surface area contributed by atoms with E-state index >= 15 is 0 Å². The number of aliphatic hydroxyl groups excluding tert-OH is 1. The molecule has 0 spiro atoms. The van der Waals surface area contributed by atoms with E-state index in [-0.39, 0.29) is 35.5 Å². The third kappa shape index (κ3) is 5.48. The van der Waals surface area contributed by atoms with E-state index in [0.29, 0.717) is 23.7 Å². The normalized spacial score (nSPS) is 18.1. The molecule has 2 aliphatic heterocycles. The molecule has 1 amide bonds. The monoisotopic (exact) mass is 569 g/mol. The number of nitrogens with zero attached hydrogens (tertiary/aromatic N) is 1. The van der Waals surface area contributed by atoms with Crippen LogP contribution >= 0.6 is 0 Å². The van der Waals surface area contributed by atoms with Gasteiger partial charge in [0.05, 0.1) is 18.2 Å². The second kappa shape index (κ2) is 10.9. The molecular formula is C35H39NO6. The van der Waals surface area contributed by atoms with Crippen LogP contribution in [0.25, 0.3) is 5.76 Å². The van der Waals surface area contributed by atoms with Crippen LogP contribution in [-0.2, 0) is 27.0 Å². The summed E-state index contributed by atoms with van der Waals surface area (Å²) in [5, 5.41) is 11.7. The first-order valence-corrected chi connectivity index (χ1v) is 14.3. The Morgan fingerprint density at radius 3 is 2.24 bits per heavy atom. The molecule has 0 radical (unpaired) electrons. The Balaban J connectivity index is 1.64. The topological polar surface area (TPSA) is 85.3 Å². The van der Waals surface area contributed by atoms with Crippen LogP contribution in [-0.4, -0.2) is 35.1 Å². The zero-order valence-corrected chi connectivity index (χ0v) is 25.4. The number of fused-ring (bicyclic) bond motifs is 1. The highest BCUT2D eigenvalue weighted by Crippen LogP contribution is 2.43. The summed E-state index contributed by atoms with van der Waals surface area (Å²) >= 11 is 0. The maximum atomic E-state index is 13.7. The van der Waals surface area contributed by atoms with E-state index in [1.807, 2.05) is 55.5 Å². The molecule has 1 unspecified atom stereocenters. The van der Waals surface area contributed by atoms with Crippen LogP contribution in [0.3, 0.4) is 0 Å². The minimum Gasteiger partial charge on any atom is -0.507 e. The Kier molecular flexibility index (Phi) is 7.56. The van der Waals surface area contributed by atoms with Crippen molar-refractivity contribution < 1.29 is 28.9 Å². The van der Waals surface area contributed by atoms with Gasteiger partial charge in [-0.1, -0.05) is 71.9 Å². The number of benzene rings is 3. The van der Waals surface area contributed by atoms with Crippen LogP contribution in [0.5, 0.6) is 17.2 Å². The number of hydrogen-bond acceptors (Lipinski definition) is 6. The second-order valence-electron chi connectivity index (χ2n) is 12.9. The van der Waals surface area contributed by atoms with Gasteiger partial charge in [-0.25, -0.2) is 0 Å². The lowest BCUT2D eigenvalue weighted by Crippen LogP contribution is -2.29. The number of carbonyl (C=O) groups is 2. The molecule has 1 atom stereocenters. The lowest BCUT2D eigenvalue weighted by atomic mass is 9.84. The van der Waals surface area contributed by atoms with Gasteiger partial charge in [0.1, 0.15) is 11.5 Å². The van der Waals surface area contributed by atoms with Crippen LogP contribution in [0.2, 0.25) is 0 Å². The maximum Gasteiger partial charge on any atom is 0.295 e. The van der Waals surface area contributed by atoms with Crippen LogP contribution in [0, 0.1) is 0 Å². The molecule has 3 aromatic rings. The van der Waals surface area contributed by atoms with Crippen molar-refractivity contribution in [2.24, 2.45) is 0 Å². The number of ketones is 1. The molecule has 3 aromatic carbocycles. The molecule has 1 fully saturated rings. The predicted molar refractivity (Wildman–Crippen MR) is 162 cm³/mol. The van der Waals surface area contributed by atoms with Crippen molar-refractivity contribution in [2.45, 2.75) is 71.9 Å². The van der Waals surface area contributed by atoms with Gasteiger partial charge in [-0.2, -0.15) is 0 Å². The number of carbonyl (C=O) groups excluding carboxylic acids is 2. The summed E-state index contributed by atoms with van der Waals surface area (Å²) in [4.78, 5) is 28.8. The number of rotatable bonds is 6. The van der Waals surface area contributed by atoms with E-state index < -0.39 is 17.7 Å². The number of likely N-dealkylation sites (tertiary alicyclic amines) is 1. The van der Waals surface area contributed by atoms with Crippen molar-refractivity contribution in [3.63, 3.8) is 0 Å². The third-order valence-corrected chi connectivity index (χ3v) is 7.78. The molecule has 0 aliphatic carbocycles. The Labute approximate surface area is 247 Å². The summed E-state index contributed by atoms with van der Waals surface area (Å²) in [6.07, 6.45) is 0. The van der Waals surface area contributed by atoms with Gasteiger partial charge in [-0.05, 0) is 64.8 Å². The third-order valence-electron chi connectivity index (χ3n) is 7.78. The summed E-state index contributed by atoms with van der Waals surface area (Å²) in [6.45, 7) is 15.3. The van der Waals surface area contributed by atoms with Crippen LogP contribution < -0.4 is 14.2 Å². The molecule has 1 saturated heterocycles. The molecular weight excluding hydrogens is 530 g/mol. The lowest BCUT2D eigenvalue weighted by Gasteiger charge is -2.27. The Bertz CT molecular complexity index is 1560. The fourth-order valence-corrected chi connectivity index (χ4v) is 5.49.